The molecule has 1 aliphatic heterocycles. The van der Waals surface area contributed by atoms with Gasteiger partial charge in [-0.3, -0.25) is 4.57 Å². The van der Waals surface area contributed by atoms with Gasteiger partial charge in [-0.25, -0.2) is 4.98 Å². The van der Waals surface area contributed by atoms with Crippen molar-refractivity contribution in [3.05, 3.63) is 101 Å². The van der Waals surface area contributed by atoms with Crippen LogP contribution >= 0.6 is 11.6 Å². The van der Waals surface area contributed by atoms with Crippen molar-refractivity contribution in [2.45, 2.75) is 63.2 Å². The Morgan fingerprint density at radius 2 is 1.77 bits per heavy atom. The van der Waals surface area contributed by atoms with E-state index in [0.29, 0.717) is 25.0 Å². The van der Waals surface area contributed by atoms with Crippen LogP contribution < -0.4 is 10.1 Å². The van der Waals surface area contributed by atoms with Crippen LogP contribution in [0.2, 0.25) is 5.02 Å². The molecule has 8 heteroatoms. The molecule has 7 nitrogen and oxygen atoms in total. The van der Waals surface area contributed by atoms with Crippen LogP contribution in [0.4, 0.5) is 0 Å². The van der Waals surface area contributed by atoms with Gasteiger partial charge in [-0.1, -0.05) is 48.0 Å². The van der Waals surface area contributed by atoms with Crippen LogP contribution in [0, 0.1) is 0 Å². The minimum Gasteiger partial charge on any atom is -0.474 e. The quantitative estimate of drug-likeness (QED) is 0.273. The third-order valence-corrected chi connectivity index (χ3v) is 7.92. The van der Waals surface area contributed by atoms with Gasteiger partial charge in [0.25, 0.3) is 0 Å². The van der Waals surface area contributed by atoms with E-state index in [4.69, 9.17) is 31.3 Å². The highest BCUT2D eigenvalue weighted by Crippen LogP contribution is 2.37. The highest BCUT2D eigenvalue weighted by molar-refractivity contribution is 6.30. The normalized spacial score (nSPS) is 20.6. The predicted molar refractivity (Wildman–Crippen MR) is 152 cm³/mol. The van der Waals surface area contributed by atoms with Crippen molar-refractivity contribution in [1.29, 1.82) is 0 Å². The van der Waals surface area contributed by atoms with Crippen LogP contribution in [0.1, 0.15) is 54.4 Å². The molecule has 1 saturated carbocycles. The van der Waals surface area contributed by atoms with Gasteiger partial charge in [-0.15, -0.1) is 10.2 Å². The monoisotopic (exact) mass is 543 g/mol. The average molecular weight is 544 g/mol. The van der Waals surface area contributed by atoms with E-state index in [-0.39, 0.29) is 12.1 Å². The van der Waals surface area contributed by atoms with Crippen LogP contribution in [0.3, 0.4) is 0 Å². The molecule has 0 bridgehead atoms. The molecule has 2 aliphatic rings. The van der Waals surface area contributed by atoms with Crippen molar-refractivity contribution in [1.82, 2.24) is 25.1 Å². The number of halogens is 1. The Hall–Kier alpha value is -3.26. The van der Waals surface area contributed by atoms with E-state index in [1.807, 2.05) is 42.5 Å². The first kappa shape index (κ1) is 26.0. The predicted octanol–water partition coefficient (Wildman–Crippen LogP) is 5.69. The van der Waals surface area contributed by atoms with Crippen LogP contribution in [0.15, 0.2) is 72.9 Å². The van der Waals surface area contributed by atoms with Gasteiger partial charge in [0.05, 0.1) is 18.9 Å². The van der Waals surface area contributed by atoms with Crippen LogP contribution in [0.5, 0.6) is 5.88 Å². The maximum absolute atomic E-state index is 6.45. The zero-order chi connectivity index (χ0) is 26.4. The first-order chi connectivity index (χ1) is 19.2. The second kappa shape index (κ2) is 12.3. The van der Waals surface area contributed by atoms with E-state index in [9.17, 15) is 0 Å². The summed E-state index contributed by atoms with van der Waals surface area (Å²) in [6, 6.07) is 22.5. The Balaban J connectivity index is 1.12. The molecule has 1 fully saturated rings. The lowest BCUT2D eigenvalue weighted by molar-refractivity contribution is 0.120. The lowest BCUT2D eigenvalue weighted by Crippen LogP contribution is -2.35. The number of nitrogens with one attached hydrogen (secondary N) is 1. The molecule has 2 aromatic carbocycles. The summed E-state index contributed by atoms with van der Waals surface area (Å²) in [6.45, 7) is 2.04. The molecule has 6 rings (SSSR count). The zero-order valence-corrected chi connectivity index (χ0v) is 22.8. The summed E-state index contributed by atoms with van der Waals surface area (Å²) in [7, 11) is 0. The maximum Gasteiger partial charge on any atom is 0.213 e. The second-order valence-corrected chi connectivity index (χ2v) is 10.9. The van der Waals surface area contributed by atoms with E-state index >= 15 is 0 Å². The van der Waals surface area contributed by atoms with Crippen LogP contribution in [-0.4, -0.2) is 45.0 Å². The first-order valence-electron chi connectivity index (χ1n) is 13.9. The lowest BCUT2D eigenvalue weighted by atomic mass is 9.86. The molecule has 1 aliphatic carbocycles. The number of hydrogen-bond acceptors (Lipinski definition) is 6. The van der Waals surface area contributed by atoms with Crippen LogP contribution in [0.25, 0.3) is 5.69 Å². The average Bonchev–Trinajstić information content (AvgIpc) is 3.30. The Kier molecular flexibility index (Phi) is 8.19. The Morgan fingerprint density at radius 1 is 0.923 bits per heavy atom. The SMILES string of the molecule is Clc1ccc2c(c1)C[C@@H](NCCOCc1ccccc1)Cc1nnc([C@H]3CC[C@H](Oc4ccccn4)CC3)n1-2. The molecule has 3 heterocycles. The van der Waals surface area contributed by atoms with Crippen LogP contribution in [-0.2, 0) is 24.2 Å². The van der Waals surface area contributed by atoms with Gasteiger partial charge >= 0.3 is 0 Å². The molecule has 1 atom stereocenters. The van der Waals surface area contributed by atoms with Gasteiger partial charge in [0.2, 0.25) is 5.88 Å². The Bertz CT molecular complexity index is 1360. The highest BCUT2D eigenvalue weighted by Gasteiger charge is 2.31. The summed E-state index contributed by atoms with van der Waals surface area (Å²) in [4.78, 5) is 4.32. The third kappa shape index (κ3) is 6.32. The fourth-order valence-corrected chi connectivity index (χ4v) is 5.95. The largest absolute Gasteiger partial charge is 0.474 e. The zero-order valence-electron chi connectivity index (χ0n) is 22.0. The summed E-state index contributed by atoms with van der Waals surface area (Å²) >= 11 is 6.45. The van der Waals surface area contributed by atoms with Crippen molar-refractivity contribution in [2.24, 2.45) is 0 Å². The molecular weight excluding hydrogens is 510 g/mol. The molecule has 1 N–H and O–H groups in total. The molecular formula is C31H34ClN5O2. The van der Waals surface area contributed by atoms with Gasteiger partial charge in [-0.05, 0) is 67.5 Å². The van der Waals surface area contributed by atoms with E-state index in [1.165, 1.54) is 11.1 Å². The third-order valence-electron chi connectivity index (χ3n) is 7.69. The summed E-state index contributed by atoms with van der Waals surface area (Å²) in [6.07, 6.45) is 7.62. The summed E-state index contributed by atoms with van der Waals surface area (Å²) in [5.41, 5.74) is 3.55. The van der Waals surface area contributed by atoms with Gasteiger partial charge in [0, 0.05) is 42.2 Å². The summed E-state index contributed by atoms with van der Waals surface area (Å²) in [5, 5.41) is 13.9. The first-order valence-corrected chi connectivity index (χ1v) is 14.3. The molecule has 0 radical (unpaired) electrons. The van der Waals surface area contributed by atoms with Crippen molar-refractivity contribution in [3.63, 3.8) is 0 Å². The number of aromatic nitrogens is 4. The summed E-state index contributed by atoms with van der Waals surface area (Å²) in [5.74, 6) is 3.10. The van der Waals surface area contributed by atoms with Gasteiger partial charge in [0.15, 0.2) is 0 Å². The number of ether oxygens (including phenoxy) is 2. The maximum atomic E-state index is 6.45. The molecule has 0 unspecified atom stereocenters. The molecule has 4 aromatic rings. The van der Waals surface area contributed by atoms with Gasteiger partial charge in [0.1, 0.15) is 17.8 Å². The Labute approximate surface area is 234 Å². The number of rotatable bonds is 9. The summed E-state index contributed by atoms with van der Waals surface area (Å²) < 4.78 is 14.3. The number of pyridine rings is 1. The van der Waals surface area contributed by atoms with Gasteiger partial charge in [-0.2, -0.15) is 0 Å². The molecule has 0 saturated heterocycles. The minimum atomic E-state index is 0.187. The van der Waals surface area contributed by atoms with E-state index in [0.717, 1.165) is 67.4 Å². The van der Waals surface area contributed by atoms with E-state index in [2.05, 4.69) is 39.1 Å². The van der Waals surface area contributed by atoms with Crippen molar-refractivity contribution in [3.8, 4) is 11.6 Å². The number of benzene rings is 2. The molecule has 202 valence electrons. The smallest absolute Gasteiger partial charge is 0.213 e. The molecule has 2 aromatic heterocycles. The van der Waals surface area contributed by atoms with E-state index < -0.39 is 0 Å². The topological polar surface area (TPSA) is 74.1 Å². The standard InChI is InChI=1S/C31H34ClN5O2/c32-25-11-14-28-24(18-25)19-26(33-16-17-38-21-22-6-2-1-3-7-22)20-29-35-36-31(37(28)29)23-9-12-27(13-10-23)39-30-8-4-5-15-34-30/h1-8,11,14-15,18,23,26-27,33H,9-10,12-13,16-17,19-21H2/t23-,26-,27-/m1/s1. The fourth-order valence-electron chi connectivity index (χ4n) is 5.75. The Morgan fingerprint density at radius 3 is 2.59 bits per heavy atom. The molecule has 39 heavy (non-hydrogen) atoms. The lowest BCUT2D eigenvalue weighted by Gasteiger charge is -2.28. The van der Waals surface area contributed by atoms with E-state index in [1.54, 1.807) is 6.20 Å². The number of hydrogen-bond donors (Lipinski definition) is 1. The minimum absolute atomic E-state index is 0.187. The molecule has 0 amide bonds. The van der Waals surface area contributed by atoms with Gasteiger partial charge < -0.3 is 14.8 Å². The van der Waals surface area contributed by atoms with Crippen molar-refractivity contribution >= 4 is 11.6 Å². The fraction of sp³-hybridized carbons (Fsp3) is 0.387. The van der Waals surface area contributed by atoms with Crippen molar-refractivity contribution in [2.75, 3.05) is 13.2 Å². The number of fused-ring (bicyclic) bond motifs is 3. The second-order valence-electron chi connectivity index (χ2n) is 10.4. The number of nitrogens with zero attached hydrogens (tertiary/aromatic N) is 4. The highest BCUT2D eigenvalue weighted by atomic mass is 35.5. The molecule has 0 spiro atoms. The van der Waals surface area contributed by atoms with Crippen molar-refractivity contribution < 1.29 is 9.47 Å².